The fourth-order valence-corrected chi connectivity index (χ4v) is 2.72. The molecule has 4 amide bonds. The van der Waals surface area contributed by atoms with Crippen molar-refractivity contribution in [3.05, 3.63) is 35.4 Å². The number of esters is 1. The first-order valence-electron chi connectivity index (χ1n) is 9.33. The Bertz CT molecular complexity index is 724. The minimum absolute atomic E-state index is 0.239. The third kappa shape index (κ3) is 9.98. The Kier molecular flexibility index (Phi) is 10.8. The molecule has 0 saturated carbocycles. The number of benzene rings is 1. The number of hydrogen-bond acceptors (Lipinski definition) is 6. The Morgan fingerprint density at radius 2 is 1.90 bits per heavy atom. The van der Waals surface area contributed by atoms with Gasteiger partial charge >= 0.3 is 12.0 Å². The maximum absolute atomic E-state index is 12.4. The molecule has 0 radical (unpaired) electrons. The second kappa shape index (κ2) is 12.8. The molecule has 0 aliphatic rings. The number of thioether (sulfide) groups is 1. The summed E-state index contributed by atoms with van der Waals surface area (Å²) in [5, 5.41) is 7.27. The Labute approximate surface area is 175 Å². The van der Waals surface area contributed by atoms with E-state index in [1.807, 2.05) is 33.1 Å². The summed E-state index contributed by atoms with van der Waals surface area (Å²) in [6.07, 6.45) is 2.24. The topological polar surface area (TPSA) is 114 Å². The van der Waals surface area contributed by atoms with Gasteiger partial charge in [0.25, 0.3) is 11.8 Å². The highest BCUT2D eigenvalue weighted by Gasteiger charge is 2.23. The van der Waals surface area contributed by atoms with E-state index < -0.39 is 36.5 Å². The zero-order valence-corrected chi connectivity index (χ0v) is 18.1. The Hall–Kier alpha value is -2.55. The maximum Gasteiger partial charge on any atom is 0.329 e. The summed E-state index contributed by atoms with van der Waals surface area (Å²) in [5.41, 5.74) is 1.36. The van der Waals surface area contributed by atoms with Crippen LogP contribution in [0.1, 0.15) is 36.2 Å². The number of urea groups is 1. The van der Waals surface area contributed by atoms with Gasteiger partial charge in [-0.15, -0.1) is 0 Å². The van der Waals surface area contributed by atoms with E-state index in [2.05, 4.69) is 16.0 Å². The predicted molar refractivity (Wildman–Crippen MR) is 113 cm³/mol. The van der Waals surface area contributed by atoms with E-state index in [4.69, 9.17) is 4.74 Å². The fraction of sp³-hybridized carbons (Fsp3) is 0.500. The van der Waals surface area contributed by atoms with Crippen LogP contribution in [0.2, 0.25) is 0 Å². The number of aryl methyl sites for hydroxylation is 1. The first-order chi connectivity index (χ1) is 13.7. The Morgan fingerprint density at radius 1 is 1.17 bits per heavy atom. The lowest BCUT2D eigenvalue weighted by molar-refractivity contribution is -0.150. The molecular formula is C20H29N3O5S. The van der Waals surface area contributed by atoms with Crippen LogP contribution < -0.4 is 16.0 Å². The summed E-state index contributed by atoms with van der Waals surface area (Å²) < 4.78 is 5.00. The van der Waals surface area contributed by atoms with E-state index >= 15 is 0 Å². The predicted octanol–water partition coefficient (Wildman–Crippen LogP) is 1.87. The monoisotopic (exact) mass is 423 g/mol. The van der Waals surface area contributed by atoms with E-state index in [0.29, 0.717) is 24.3 Å². The summed E-state index contributed by atoms with van der Waals surface area (Å²) in [6.45, 7) is 5.52. The van der Waals surface area contributed by atoms with Crippen molar-refractivity contribution < 1.29 is 23.9 Å². The molecule has 0 heterocycles. The van der Waals surface area contributed by atoms with Crippen LogP contribution in [0.4, 0.5) is 4.79 Å². The number of ether oxygens (including phenoxy) is 1. The Morgan fingerprint density at radius 3 is 2.52 bits per heavy atom. The van der Waals surface area contributed by atoms with Crippen LogP contribution >= 0.6 is 11.8 Å². The van der Waals surface area contributed by atoms with Gasteiger partial charge in [-0.3, -0.25) is 14.9 Å². The number of hydrogen-bond donors (Lipinski definition) is 3. The van der Waals surface area contributed by atoms with Gasteiger partial charge in [-0.05, 0) is 43.4 Å². The zero-order chi connectivity index (χ0) is 21.8. The Balaban J connectivity index is 2.59. The number of imide groups is 1. The number of rotatable bonds is 10. The average molecular weight is 424 g/mol. The molecule has 0 unspecified atom stereocenters. The first kappa shape index (κ1) is 24.5. The van der Waals surface area contributed by atoms with Crippen LogP contribution in [-0.4, -0.2) is 55.0 Å². The molecule has 0 spiro atoms. The van der Waals surface area contributed by atoms with Crippen molar-refractivity contribution in [3.8, 4) is 0 Å². The highest BCUT2D eigenvalue weighted by molar-refractivity contribution is 7.98. The molecular weight excluding hydrogens is 394 g/mol. The van der Waals surface area contributed by atoms with Gasteiger partial charge in [0.1, 0.15) is 6.04 Å². The van der Waals surface area contributed by atoms with Crippen molar-refractivity contribution in [1.29, 1.82) is 0 Å². The first-order valence-corrected chi connectivity index (χ1v) is 10.7. The van der Waals surface area contributed by atoms with Crippen LogP contribution in [0.15, 0.2) is 24.3 Å². The highest BCUT2D eigenvalue weighted by atomic mass is 32.2. The van der Waals surface area contributed by atoms with E-state index in [9.17, 15) is 19.2 Å². The highest BCUT2D eigenvalue weighted by Crippen LogP contribution is 2.07. The third-order valence-electron chi connectivity index (χ3n) is 3.75. The number of nitrogens with one attached hydrogen (secondary N) is 3. The van der Waals surface area contributed by atoms with Gasteiger partial charge < -0.3 is 15.4 Å². The maximum atomic E-state index is 12.4. The molecule has 0 aromatic heterocycles. The molecule has 9 heteroatoms. The smallest absolute Gasteiger partial charge is 0.329 e. The van der Waals surface area contributed by atoms with Crippen LogP contribution in [0.3, 0.4) is 0 Å². The van der Waals surface area contributed by atoms with E-state index in [-0.39, 0.29) is 5.92 Å². The quantitative estimate of drug-likeness (QED) is 0.495. The lowest BCUT2D eigenvalue weighted by Gasteiger charge is -2.17. The molecule has 0 bridgehead atoms. The molecule has 3 N–H and O–H groups in total. The molecule has 160 valence electrons. The van der Waals surface area contributed by atoms with Crippen LogP contribution in [0.5, 0.6) is 0 Å². The largest absolute Gasteiger partial charge is 0.454 e. The van der Waals surface area contributed by atoms with Crippen molar-refractivity contribution in [2.45, 2.75) is 33.2 Å². The summed E-state index contributed by atoms with van der Waals surface area (Å²) in [4.78, 5) is 48.1. The van der Waals surface area contributed by atoms with Crippen LogP contribution in [0.25, 0.3) is 0 Å². The number of carbonyl (C=O) groups excluding carboxylic acids is 4. The van der Waals surface area contributed by atoms with Gasteiger partial charge in [0.05, 0.1) is 0 Å². The van der Waals surface area contributed by atoms with Crippen molar-refractivity contribution >= 4 is 35.6 Å². The fourth-order valence-electron chi connectivity index (χ4n) is 2.25. The van der Waals surface area contributed by atoms with Gasteiger partial charge in [-0.1, -0.05) is 31.5 Å². The molecule has 0 aliphatic carbocycles. The molecule has 1 rings (SSSR count). The van der Waals surface area contributed by atoms with Crippen molar-refractivity contribution in [3.63, 3.8) is 0 Å². The minimum atomic E-state index is -0.891. The van der Waals surface area contributed by atoms with Crippen molar-refractivity contribution in [1.82, 2.24) is 16.0 Å². The molecule has 8 nitrogen and oxygen atoms in total. The zero-order valence-electron chi connectivity index (χ0n) is 17.2. The van der Waals surface area contributed by atoms with Crippen LogP contribution in [0, 0.1) is 12.8 Å². The van der Waals surface area contributed by atoms with Gasteiger partial charge in [-0.2, -0.15) is 11.8 Å². The molecule has 29 heavy (non-hydrogen) atoms. The molecule has 0 fully saturated rings. The van der Waals surface area contributed by atoms with Gasteiger partial charge in [0.2, 0.25) is 0 Å². The summed E-state index contributed by atoms with van der Waals surface area (Å²) in [5.74, 6) is -0.999. The van der Waals surface area contributed by atoms with E-state index in [1.54, 1.807) is 18.2 Å². The lowest BCUT2D eigenvalue weighted by Crippen LogP contribution is -2.45. The molecule has 1 atom stereocenters. The van der Waals surface area contributed by atoms with E-state index in [0.717, 1.165) is 5.56 Å². The number of amides is 4. The average Bonchev–Trinajstić information content (AvgIpc) is 2.67. The number of carbonyl (C=O) groups is 4. The minimum Gasteiger partial charge on any atom is -0.454 e. The molecule has 1 aromatic carbocycles. The third-order valence-corrected chi connectivity index (χ3v) is 4.39. The lowest BCUT2D eigenvalue weighted by atomic mass is 10.1. The van der Waals surface area contributed by atoms with Gasteiger partial charge in [0, 0.05) is 12.1 Å². The van der Waals surface area contributed by atoms with Crippen LogP contribution in [-0.2, 0) is 14.3 Å². The molecule has 1 aromatic rings. The van der Waals surface area contributed by atoms with Crippen molar-refractivity contribution in [2.75, 3.05) is 25.2 Å². The normalized spacial score (nSPS) is 11.5. The summed E-state index contributed by atoms with van der Waals surface area (Å²) >= 11 is 1.52. The van der Waals surface area contributed by atoms with E-state index in [1.165, 1.54) is 11.8 Å². The van der Waals surface area contributed by atoms with Crippen molar-refractivity contribution in [2.24, 2.45) is 5.92 Å². The summed E-state index contributed by atoms with van der Waals surface area (Å²) in [7, 11) is 0. The second-order valence-corrected chi connectivity index (χ2v) is 7.92. The van der Waals surface area contributed by atoms with Gasteiger partial charge in [-0.25, -0.2) is 9.59 Å². The second-order valence-electron chi connectivity index (χ2n) is 6.94. The summed E-state index contributed by atoms with van der Waals surface area (Å²) in [6, 6.07) is 5.46. The van der Waals surface area contributed by atoms with Gasteiger partial charge in [0.15, 0.2) is 6.61 Å². The standard InChI is InChI=1S/C20H29N3O5S/c1-13(2)11-21-20(27)23-17(24)12-28-19(26)16(8-9-29-4)22-18(25)15-7-5-6-14(3)10-15/h5-7,10,13,16H,8-9,11-12H2,1-4H3,(H,22,25)(H2,21,23,24,27)/t16-/m1/s1. The SMILES string of the molecule is CSCC[C@@H](NC(=O)c1cccc(C)c1)C(=O)OCC(=O)NC(=O)NCC(C)C. The molecule has 0 aliphatic heterocycles. The molecule has 0 saturated heterocycles.